The molecule has 0 radical (unpaired) electrons. The molecule has 0 bridgehead atoms. The smallest absolute Gasteiger partial charge is 0.279 e. The second kappa shape index (κ2) is 9.14. The molecule has 0 atom stereocenters. The maximum atomic E-state index is 12.9. The molecule has 1 amide bonds. The third-order valence-corrected chi connectivity index (χ3v) is 8.41. The molecule has 0 N–H and O–H groups in total. The van der Waals surface area contributed by atoms with E-state index in [0.717, 1.165) is 28.8 Å². The van der Waals surface area contributed by atoms with E-state index in [9.17, 15) is 13.2 Å². The number of fused-ring (bicyclic) bond motifs is 1. The minimum absolute atomic E-state index is 0.0745. The molecule has 1 fully saturated rings. The molecule has 4 rings (SSSR count). The van der Waals surface area contributed by atoms with E-state index in [2.05, 4.69) is 4.99 Å². The SMILES string of the molecule is COCCn1c(=NC(=O)c2ccc(S(=O)(=O)N(C)C3CC3)cc2)sc2cc(OC)ccc21. The Labute approximate surface area is 190 Å². The highest BCUT2D eigenvalue weighted by atomic mass is 32.2. The third kappa shape index (κ3) is 4.49. The summed E-state index contributed by atoms with van der Waals surface area (Å²) in [5, 5.41) is 0. The number of aromatic nitrogens is 1. The summed E-state index contributed by atoms with van der Waals surface area (Å²) >= 11 is 1.39. The lowest BCUT2D eigenvalue weighted by Crippen LogP contribution is -2.28. The molecule has 32 heavy (non-hydrogen) atoms. The summed E-state index contributed by atoms with van der Waals surface area (Å²) < 4.78 is 40.1. The van der Waals surface area contributed by atoms with Gasteiger partial charge in [-0.25, -0.2) is 8.42 Å². The largest absolute Gasteiger partial charge is 0.497 e. The number of nitrogens with zero attached hydrogens (tertiary/aromatic N) is 3. The van der Waals surface area contributed by atoms with Crippen molar-refractivity contribution < 1.29 is 22.7 Å². The van der Waals surface area contributed by atoms with Crippen molar-refractivity contribution in [1.29, 1.82) is 0 Å². The third-order valence-electron chi connectivity index (χ3n) is 5.45. The first-order chi connectivity index (χ1) is 15.3. The van der Waals surface area contributed by atoms with E-state index in [1.165, 1.54) is 39.9 Å². The molecule has 1 aromatic heterocycles. The number of sulfonamides is 1. The number of methoxy groups -OCH3 is 2. The van der Waals surface area contributed by atoms with Crippen LogP contribution in [0.2, 0.25) is 0 Å². The molecule has 1 aliphatic carbocycles. The van der Waals surface area contributed by atoms with E-state index in [1.807, 2.05) is 22.8 Å². The minimum Gasteiger partial charge on any atom is -0.497 e. The van der Waals surface area contributed by atoms with Crippen LogP contribution >= 0.6 is 11.3 Å². The van der Waals surface area contributed by atoms with Crippen LogP contribution in [0.25, 0.3) is 10.2 Å². The van der Waals surface area contributed by atoms with Crippen LogP contribution in [0.15, 0.2) is 52.4 Å². The number of ether oxygens (including phenoxy) is 2. The highest BCUT2D eigenvalue weighted by molar-refractivity contribution is 7.89. The van der Waals surface area contributed by atoms with Crippen LogP contribution in [0.1, 0.15) is 23.2 Å². The zero-order chi connectivity index (χ0) is 22.9. The van der Waals surface area contributed by atoms with E-state index in [1.54, 1.807) is 21.3 Å². The Balaban J connectivity index is 1.66. The number of carbonyl (C=O) groups excluding carboxylic acids is 1. The monoisotopic (exact) mass is 475 g/mol. The molecular formula is C22H25N3O5S2. The van der Waals surface area contributed by atoms with Gasteiger partial charge in [0.05, 0.1) is 28.8 Å². The Hall–Kier alpha value is -2.53. The van der Waals surface area contributed by atoms with Gasteiger partial charge in [0, 0.05) is 32.3 Å². The second-order valence-corrected chi connectivity index (χ2v) is 10.6. The van der Waals surface area contributed by atoms with E-state index in [0.29, 0.717) is 23.5 Å². The molecule has 0 unspecified atom stereocenters. The maximum Gasteiger partial charge on any atom is 0.279 e. The summed E-state index contributed by atoms with van der Waals surface area (Å²) in [6.07, 6.45) is 1.77. The summed E-state index contributed by atoms with van der Waals surface area (Å²) in [4.78, 5) is 17.9. The Bertz CT molecular complexity index is 1310. The number of benzene rings is 2. The quantitative estimate of drug-likeness (QED) is 0.500. The van der Waals surface area contributed by atoms with E-state index >= 15 is 0 Å². The predicted molar refractivity (Wildman–Crippen MR) is 123 cm³/mol. The average Bonchev–Trinajstić information content (AvgIpc) is 3.59. The molecule has 0 aliphatic heterocycles. The molecule has 0 spiro atoms. The van der Waals surface area contributed by atoms with E-state index < -0.39 is 15.9 Å². The van der Waals surface area contributed by atoms with E-state index in [4.69, 9.17) is 9.47 Å². The van der Waals surface area contributed by atoms with Gasteiger partial charge in [0.1, 0.15) is 5.75 Å². The second-order valence-electron chi connectivity index (χ2n) is 7.56. The van der Waals surface area contributed by atoms with Crippen LogP contribution in [0.4, 0.5) is 0 Å². The molecule has 170 valence electrons. The van der Waals surface area contributed by atoms with Crippen LogP contribution < -0.4 is 9.54 Å². The number of rotatable bonds is 8. The average molecular weight is 476 g/mol. The van der Waals surface area contributed by atoms with Crippen LogP contribution in [-0.2, 0) is 21.3 Å². The number of thiazole rings is 1. The Morgan fingerprint density at radius 3 is 2.53 bits per heavy atom. The van der Waals surface area contributed by atoms with Crippen molar-refractivity contribution in [1.82, 2.24) is 8.87 Å². The first kappa shape index (κ1) is 22.7. The molecule has 2 aromatic carbocycles. The van der Waals surface area contributed by atoms with Gasteiger partial charge in [0.2, 0.25) is 10.0 Å². The lowest BCUT2D eigenvalue weighted by molar-refractivity contribution is 0.0997. The van der Waals surface area contributed by atoms with Gasteiger partial charge in [0.25, 0.3) is 5.91 Å². The van der Waals surface area contributed by atoms with Crippen molar-refractivity contribution >= 4 is 37.5 Å². The minimum atomic E-state index is -3.55. The molecule has 1 aliphatic rings. The number of hydrogen-bond donors (Lipinski definition) is 0. The van der Waals surface area contributed by atoms with Crippen LogP contribution in [0.5, 0.6) is 5.75 Å². The van der Waals surface area contributed by atoms with Gasteiger partial charge < -0.3 is 14.0 Å². The fourth-order valence-corrected chi connectivity index (χ4v) is 5.88. The highest BCUT2D eigenvalue weighted by Crippen LogP contribution is 2.30. The zero-order valence-corrected chi connectivity index (χ0v) is 19.8. The lowest BCUT2D eigenvalue weighted by atomic mass is 10.2. The Morgan fingerprint density at radius 2 is 1.91 bits per heavy atom. The van der Waals surface area contributed by atoms with Crippen molar-refractivity contribution in [3.63, 3.8) is 0 Å². The first-order valence-electron chi connectivity index (χ1n) is 10.2. The van der Waals surface area contributed by atoms with Crippen LogP contribution in [0, 0.1) is 0 Å². The predicted octanol–water partition coefficient (Wildman–Crippen LogP) is 2.88. The van der Waals surface area contributed by atoms with E-state index in [-0.39, 0.29) is 10.9 Å². The Kier molecular flexibility index (Phi) is 6.47. The van der Waals surface area contributed by atoms with Crippen LogP contribution in [0.3, 0.4) is 0 Å². The topological polar surface area (TPSA) is 90.2 Å². The fraction of sp³-hybridized carbons (Fsp3) is 0.364. The fourth-order valence-electron chi connectivity index (χ4n) is 3.39. The molecule has 1 saturated carbocycles. The summed E-state index contributed by atoms with van der Waals surface area (Å²) in [5.74, 6) is 0.290. The maximum absolute atomic E-state index is 12.9. The van der Waals surface area contributed by atoms with Crippen molar-refractivity contribution in [3.8, 4) is 5.75 Å². The molecular weight excluding hydrogens is 450 g/mol. The van der Waals surface area contributed by atoms with Crippen molar-refractivity contribution in [3.05, 3.63) is 52.8 Å². The summed E-state index contributed by atoms with van der Waals surface area (Å²) in [7, 11) is 1.27. The van der Waals surface area contributed by atoms with Crippen LogP contribution in [-0.4, -0.2) is 57.1 Å². The number of carbonyl (C=O) groups is 1. The summed E-state index contributed by atoms with van der Waals surface area (Å²) in [6.45, 7) is 1.01. The van der Waals surface area contributed by atoms with Crippen molar-refractivity contribution in [2.24, 2.45) is 4.99 Å². The van der Waals surface area contributed by atoms with Gasteiger partial charge in [-0.15, -0.1) is 0 Å². The highest BCUT2D eigenvalue weighted by Gasteiger charge is 2.35. The normalized spacial score (nSPS) is 14.9. The lowest BCUT2D eigenvalue weighted by Gasteiger charge is -2.16. The van der Waals surface area contributed by atoms with Gasteiger partial charge in [-0.1, -0.05) is 11.3 Å². The number of hydrogen-bond acceptors (Lipinski definition) is 6. The molecule has 1 heterocycles. The summed E-state index contributed by atoms with van der Waals surface area (Å²) in [6, 6.07) is 11.7. The van der Waals surface area contributed by atoms with Gasteiger partial charge in [0.15, 0.2) is 4.80 Å². The Morgan fingerprint density at radius 1 is 1.19 bits per heavy atom. The van der Waals surface area contributed by atoms with Crippen molar-refractivity contribution in [2.75, 3.05) is 27.9 Å². The van der Waals surface area contributed by atoms with Gasteiger partial charge in [-0.05, 0) is 55.3 Å². The van der Waals surface area contributed by atoms with Crippen molar-refractivity contribution in [2.45, 2.75) is 30.3 Å². The first-order valence-corrected chi connectivity index (χ1v) is 12.4. The standard InChI is InChI=1S/C22H25N3O5S2/c1-24(16-6-7-16)32(27,28)18-9-4-15(5-10-18)21(26)23-22-25(12-13-29-2)19-11-8-17(30-3)14-20(19)31-22/h4-5,8-11,14,16H,6-7,12-13H2,1-3H3. The van der Waals surface area contributed by atoms with Gasteiger partial charge >= 0.3 is 0 Å². The summed E-state index contributed by atoms with van der Waals surface area (Å²) in [5.41, 5.74) is 1.26. The molecule has 0 saturated heterocycles. The van der Waals surface area contributed by atoms with Gasteiger partial charge in [-0.3, -0.25) is 4.79 Å². The zero-order valence-electron chi connectivity index (χ0n) is 18.1. The molecule has 10 heteroatoms. The molecule has 3 aromatic rings. The number of amides is 1. The molecule has 8 nitrogen and oxygen atoms in total. The van der Waals surface area contributed by atoms with Gasteiger partial charge in [-0.2, -0.15) is 9.30 Å².